The van der Waals surface area contributed by atoms with Crippen LogP contribution in [0.4, 0.5) is 0 Å². The van der Waals surface area contributed by atoms with Crippen LogP contribution in [0.5, 0.6) is 0 Å². The first kappa shape index (κ1) is 19.3. The number of likely N-dealkylation sites (N-methyl/N-ethyl adjacent to an activating group) is 1. The molecule has 2 fully saturated rings. The summed E-state index contributed by atoms with van der Waals surface area (Å²) in [4.78, 5) is 19.6. The van der Waals surface area contributed by atoms with E-state index in [1.54, 1.807) is 29.6 Å². The van der Waals surface area contributed by atoms with Crippen molar-refractivity contribution in [2.75, 3.05) is 19.4 Å². The number of aliphatic imine (C=N–C) groups is 1. The topological polar surface area (TPSA) is 106 Å². The standard InChI is InChI=1S/C19H25N5O3S2/c1-10-5-12-7-29-18(20)22-19(12,9-26-10)17-24(2)15(8-28-17)21-16(25)13-6-14(27-23-13)11-3-4-11/h6,8,10-12,17H,3-5,7,9H2,1-2H3,(H2,20,22)(H,21,25)/t10-,12-,17?,19-/m0/s1. The lowest BCUT2D eigenvalue weighted by Crippen LogP contribution is -2.61. The Hall–Kier alpha value is -1.65. The molecule has 0 radical (unpaired) electrons. The van der Waals surface area contributed by atoms with Gasteiger partial charge in [0.15, 0.2) is 10.9 Å². The Balaban J connectivity index is 1.32. The van der Waals surface area contributed by atoms with Gasteiger partial charge in [-0.3, -0.25) is 9.79 Å². The number of hydrogen-bond donors (Lipinski definition) is 2. The molecule has 0 spiro atoms. The molecule has 1 aliphatic carbocycles. The SMILES string of the molecule is C[C@H]1C[C@H]2CSC(N)=N[C@@]2(C2SC=C(NC(=O)c3cc(C4CC4)on3)N2C)CO1. The van der Waals surface area contributed by atoms with Gasteiger partial charge in [0, 0.05) is 36.1 Å². The molecular weight excluding hydrogens is 410 g/mol. The maximum atomic E-state index is 12.7. The van der Waals surface area contributed by atoms with Crippen molar-refractivity contribution >= 4 is 34.6 Å². The summed E-state index contributed by atoms with van der Waals surface area (Å²) >= 11 is 3.28. The van der Waals surface area contributed by atoms with E-state index in [2.05, 4.69) is 22.3 Å². The van der Waals surface area contributed by atoms with Crippen LogP contribution in [0.1, 0.15) is 48.4 Å². The number of nitrogens with one attached hydrogen (secondary N) is 1. The first-order valence-corrected chi connectivity index (χ1v) is 11.9. The number of hydrogen-bond acceptors (Lipinski definition) is 9. The van der Waals surface area contributed by atoms with Crippen LogP contribution in [0.2, 0.25) is 0 Å². The number of carbonyl (C=O) groups excluding carboxylic acids is 1. The number of amides is 1. The maximum Gasteiger partial charge on any atom is 0.278 e. The smallest absolute Gasteiger partial charge is 0.278 e. The van der Waals surface area contributed by atoms with E-state index in [4.69, 9.17) is 20.0 Å². The Kier molecular flexibility index (Phi) is 4.83. The Morgan fingerprint density at radius 2 is 2.28 bits per heavy atom. The van der Waals surface area contributed by atoms with Crippen molar-refractivity contribution < 1.29 is 14.1 Å². The highest BCUT2D eigenvalue weighted by molar-refractivity contribution is 8.13. The van der Waals surface area contributed by atoms with Crippen LogP contribution in [0.25, 0.3) is 0 Å². The Morgan fingerprint density at radius 1 is 1.45 bits per heavy atom. The quantitative estimate of drug-likeness (QED) is 0.742. The first-order chi connectivity index (χ1) is 14.0. The van der Waals surface area contributed by atoms with E-state index in [1.165, 1.54) is 0 Å². The summed E-state index contributed by atoms with van der Waals surface area (Å²) in [6.07, 6.45) is 3.39. The molecule has 3 N–H and O–H groups in total. The molecule has 156 valence electrons. The molecule has 4 heterocycles. The van der Waals surface area contributed by atoms with E-state index in [1.807, 2.05) is 12.5 Å². The average molecular weight is 436 g/mol. The number of fused-ring (bicyclic) bond motifs is 1. The fourth-order valence-electron chi connectivity index (χ4n) is 4.29. The van der Waals surface area contributed by atoms with Gasteiger partial charge in [0.05, 0.1) is 12.7 Å². The molecule has 10 heteroatoms. The van der Waals surface area contributed by atoms with Gasteiger partial charge in [0.25, 0.3) is 5.91 Å². The van der Waals surface area contributed by atoms with E-state index in [0.29, 0.717) is 29.3 Å². The average Bonchev–Trinajstić information content (AvgIpc) is 3.31. The largest absolute Gasteiger partial charge is 0.379 e. The molecule has 3 aliphatic heterocycles. The molecule has 4 aliphatic rings. The molecule has 8 nitrogen and oxygen atoms in total. The minimum atomic E-state index is -0.419. The van der Waals surface area contributed by atoms with Crippen molar-refractivity contribution in [1.82, 2.24) is 15.4 Å². The Bertz CT molecular complexity index is 883. The van der Waals surface area contributed by atoms with Gasteiger partial charge in [-0.25, -0.2) is 0 Å². The number of carbonyl (C=O) groups is 1. The third-order valence-electron chi connectivity index (χ3n) is 6.12. The second-order valence-corrected chi connectivity index (χ2v) is 10.2. The number of aromatic nitrogens is 1. The number of thioether (sulfide) groups is 2. The lowest BCUT2D eigenvalue weighted by molar-refractivity contribution is -0.0552. The molecule has 1 amide bonds. The van der Waals surface area contributed by atoms with Crippen LogP contribution in [0.3, 0.4) is 0 Å². The predicted octanol–water partition coefficient (Wildman–Crippen LogP) is 2.31. The normalized spacial score (nSPS) is 34.4. The highest BCUT2D eigenvalue weighted by Crippen LogP contribution is 2.48. The minimum Gasteiger partial charge on any atom is -0.379 e. The molecule has 1 unspecified atom stereocenters. The molecule has 0 aromatic carbocycles. The number of rotatable bonds is 4. The van der Waals surface area contributed by atoms with Crippen LogP contribution >= 0.6 is 23.5 Å². The van der Waals surface area contributed by atoms with Gasteiger partial charge in [0.1, 0.15) is 22.5 Å². The second kappa shape index (κ2) is 7.24. The van der Waals surface area contributed by atoms with Gasteiger partial charge in [0.2, 0.25) is 0 Å². The summed E-state index contributed by atoms with van der Waals surface area (Å²) in [6.45, 7) is 2.64. The highest BCUT2D eigenvalue weighted by Gasteiger charge is 2.54. The van der Waals surface area contributed by atoms with Crippen LogP contribution in [-0.4, -0.2) is 57.6 Å². The molecule has 5 rings (SSSR count). The highest BCUT2D eigenvalue weighted by atomic mass is 32.2. The maximum absolute atomic E-state index is 12.7. The van der Waals surface area contributed by atoms with Gasteiger partial charge >= 0.3 is 0 Å². The van der Waals surface area contributed by atoms with Gasteiger partial charge < -0.3 is 25.2 Å². The zero-order chi connectivity index (χ0) is 20.2. The molecule has 1 aromatic heterocycles. The zero-order valence-electron chi connectivity index (χ0n) is 16.5. The van der Waals surface area contributed by atoms with E-state index in [-0.39, 0.29) is 17.4 Å². The number of amidine groups is 1. The van der Waals surface area contributed by atoms with Crippen molar-refractivity contribution in [2.45, 2.75) is 49.1 Å². The van der Waals surface area contributed by atoms with Crippen molar-refractivity contribution in [1.29, 1.82) is 0 Å². The fourth-order valence-corrected chi connectivity index (χ4v) is 6.65. The molecule has 4 atom stereocenters. The predicted molar refractivity (Wildman–Crippen MR) is 114 cm³/mol. The third kappa shape index (κ3) is 3.44. The Morgan fingerprint density at radius 3 is 3.07 bits per heavy atom. The minimum absolute atomic E-state index is 0.00841. The van der Waals surface area contributed by atoms with Crippen LogP contribution < -0.4 is 11.1 Å². The summed E-state index contributed by atoms with van der Waals surface area (Å²) in [6, 6.07) is 1.75. The van der Waals surface area contributed by atoms with E-state index >= 15 is 0 Å². The summed E-state index contributed by atoms with van der Waals surface area (Å²) in [5.74, 6) is 3.02. The van der Waals surface area contributed by atoms with Gasteiger partial charge in [-0.2, -0.15) is 0 Å². The van der Waals surface area contributed by atoms with Crippen molar-refractivity contribution in [2.24, 2.45) is 16.6 Å². The molecular formula is C19H25N5O3S2. The Labute approximate surface area is 178 Å². The number of nitrogens with two attached hydrogens (primary N) is 1. The third-order valence-corrected chi connectivity index (χ3v) is 8.42. The van der Waals surface area contributed by atoms with E-state index in [9.17, 15) is 4.79 Å². The van der Waals surface area contributed by atoms with Crippen LogP contribution in [-0.2, 0) is 4.74 Å². The van der Waals surface area contributed by atoms with Gasteiger partial charge in [-0.1, -0.05) is 16.9 Å². The van der Waals surface area contributed by atoms with Crippen LogP contribution in [0.15, 0.2) is 26.8 Å². The monoisotopic (exact) mass is 435 g/mol. The lowest BCUT2D eigenvalue weighted by Gasteiger charge is -2.50. The number of nitrogens with zero attached hydrogens (tertiary/aromatic N) is 3. The van der Waals surface area contributed by atoms with Crippen molar-refractivity contribution in [3.8, 4) is 0 Å². The molecule has 29 heavy (non-hydrogen) atoms. The van der Waals surface area contributed by atoms with Gasteiger partial charge in [-0.15, -0.1) is 11.8 Å². The van der Waals surface area contributed by atoms with Crippen LogP contribution in [0, 0.1) is 5.92 Å². The summed E-state index contributed by atoms with van der Waals surface area (Å²) in [7, 11) is 1.98. The number of ether oxygens (including phenoxy) is 1. The molecule has 1 aromatic rings. The first-order valence-electron chi connectivity index (χ1n) is 9.92. The van der Waals surface area contributed by atoms with E-state index < -0.39 is 5.54 Å². The summed E-state index contributed by atoms with van der Waals surface area (Å²) < 4.78 is 11.3. The van der Waals surface area contributed by atoms with Gasteiger partial charge in [-0.05, 0) is 26.2 Å². The fraction of sp³-hybridized carbons (Fsp3) is 0.632. The molecule has 1 saturated heterocycles. The molecule has 0 bridgehead atoms. The lowest BCUT2D eigenvalue weighted by atomic mass is 9.79. The van der Waals surface area contributed by atoms with Crippen molar-refractivity contribution in [3.05, 3.63) is 28.7 Å². The zero-order valence-corrected chi connectivity index (χ0v) is 18.1. The second-order valence-electron chi connectivity index (χ2n) is 8.25. The molecule has 1 saturated carbocycles. The summed E-state index contributed by atoms with van der Waals surface area (Å²) in [5, 5.41) is 9.51. The van der Waals surface area contributed by atoms with E-state index in [0.717, 1.165) is 36.6 Å². The van der Waals surface area contributed by atoms with Crippen molar-refractivity contribution in [3.63, 3.8) is 0 Å². The summed E-state index contributed by atoms with van der Waals surface area (Å²) in [5.41, 5.74) is 6.02.